The number of carbonyl (C=O) groups is 7. The summed E-state index contributed by atoms with van der Waals surface area (Å²) in [5.74, 6) is -0.886. The maximum atomic E-state index is 13.0. The molecule has 0 saturated carbocycles. The van der Waals surface area contributed by atoms with Crippen LogP contribution in [0.5, 0.6) is 0 Å². The molecule has 1 aliphatic carbocycles. The van der Waals surface area contributed by atoms with E-state index in [1.807, 2.05) is 104 Å². The topological polar surface area (TPSA) is 379 Å². The van der Waals surface area contributed by atoms with Crippen LogP contribution in [0.4, 0.5) is 7.65 Å². The number of aliphatic carboxylic acids is 1. The molecule has 0 heterocycles. The average Bonchev–Trinajstić information content (AvgIpc) is 1.72. The number of alkyl halides is 1. The molecule has 0 atom stereocenters. The molecule has 5 aromatic rings. The number of ether oxygens (including phenoxy) is 2. The van der Waals surface area contributed by atoms with E-state index in [0.29, 0.717) is 97.0 Å². The Morgan fingerprint density at radius 3 is 1.58 bits per heavy atom. The van der Waals surface area contributed by atoms with Crippen molar-refractivity contribution in [3.05, 3.63) is 167 Å². The standard InChI is InChI=1S/C44H44N2O5.C27H57N9O3.C13H26N2O3.CH4FI.CH4/c47-31-33-23-25-36(26-24-33)44(34-15-5-3-6-16-34,35-17-7-4-8-18-35)46(30-27-42(48)49)29-14-2-1-13-28-45-43(50)51-32-41-39-21-11-9-19-37(39)38-20-10-12-22-40(38)41;1-35(19-11-5-2-9-17-33-26(28)29)21-15-25(39)36(20-12-6-3-10-18-34-27(30)31)22-14-24(38)32-16-8-4-7-13-23-37;1-2-10-15-12(16)7-8-13(17)18-11-6-4-3-5-9-14;1-3-2;/h3-12,15-26,31,41H,1-2,13-14,27-30,32H2,(H,45,50)(H,48,49);37H,2-23H2,1H3,(H,32,38)(H4,28,29,33)(H4,30,31,34);2-11,14H2,1H3,(H,15,16);3H,1H3;1H4/i;;;3T;. The summed E-state index contributed by atoms with van der Waals surface area (Å²) in [7, 11) is 2.04. The molecule has 6 rings (SSSR count). The predicted molar refractivity (Wildman–Crippen MR) is 460 cm³/mol. The molecule has 4 amide bonds. The molecule has 26 heteroatoms. The minimum absolute atomic E-state index is 0. The van der Waals surface area contributed by atoms with E-state index in [1.165, 1.54) is 27.2 Å². The van der Waals surface area contributed by atoms with Crippen LogP contribution in [0, 0.1) is 0 Å². The predicted octanol–water partition coefficient (Wildman–Crippen LogP) is 12.7. The number of carboxylic acids is 1. The van der Waals surface area contributed by atoms with Gasteiger partial charge in [-0.3, -0.25) is 43.7 Å². The van der Waals surface area contributed by atoms with Gasteiger partial charge in [0.1, 0.15) is 12.9 Å². The summed E-state index contributed by atoms with van der Waals surface area (Å²) in [6.45, 7) is 10.4. The monoisotopic (exact) mass is 1670 g/mol. The number of nitrogens with two attached hydrogens (primary N) is 5. The van der Waals surface area contributed by atoms with E-state index in [4.69, 9.17) is 43.8 Å². The Labute approximate surface area is 678 Å². The number of hydrogen-bond acceptors (Lipinski definition) is 15. The van der Waals surface area contributed by atoms with Crippen molar-refractivity contribution in [2.45, 2.75) is 193 Å². The van der Waals surface area contributed by atoms with Gasteiger partial charge in [-0.25, -0.2) is 4.79 Å². The second-order valence-corrected chi connectivity index (χ2v) is 28.3. The van der Waals surface area contributed by atoms with Crippen LogP contribution in [0.1, 0.15) is 225 Å². The number of hydrogen-bond donors (Lipinski definition) is 10. The number of aliphatic imine (C=N–C) groups is 2. The fraction of sp³-hybridized carbons (Fsp3) is 0.547. The number of aldehydes is 1. The molecule has 0 aromatic heterocycles. The maximum absolute atomic E-state index is 13.0. The van der Waals surface area contributed by atoms with E-state index in [9.17, 15) is 41.5 Å². The molecule has 0 fully saturated rings. The molecule has 0 radical (unpaired) electrons. The number of nitrogens with one attached hydrogen (secondary N) is 3. The van der Waals surface area contributed by atoms with Crippen molar-refractivity contribution in [3.63, 3.8) is 0 Å². The van der Waals surface area contributed by atoms with Crippen LogP contribution in [0.15, 0.2) is 143 Å². The molecule has 0 spiro atoms. The zero-order valence-electron chi connectivity index (χ0n) is 67.3. The fourth-order valence-electron chi connectivity index (χ4n) is 13.0. The van der Waals surface area contributed by atoms with Gasteiger partial charge in [0.15, 0.2) is 11.9 Å². The normalized spacial score (nSPS) is 11.4. The van der Waals surface area contributed by atoms with Crippen molar-refractivity contribution < 1.29 is 56.1 Å². The Morgan fingerprint density at radius 1 is 0.554 bits per heavy atom. The van der Waals surface area contributed by atoms with E-state index in [0.717, 1.165) is 164 Å². The molecular weight excluding hydrogens is 1540 g/mol. The SMILES string of the molecule is C.CCCNC(=O)CCC(=O)OCCCCCCN.CN(CCCCCCN=C(N)N)CCC(=O)N(CCCCCCN=C(N)N)CCC(=O)NCCCCCCO.O=Cc1ccc(C(c2ccccc2)(c2ccccc2)N(CCCCCCNC(=O)OCC2c3ccccc3-c3ccccc32)CCC(=O)O)cc1.[3H]I(C)F. The number of halogens is 2. The summed E-state index contributed by atoms with van der Waals surface area (Å²) in [6, 6.07) is 44.5. The van der Waals surface area contributed by atoms with E-state index >= 15 is 0 Å². The van der Waals surface area contributed by atoms with Gasteiger partial charge in [0.05, 0.1) is 25.0 Å². The molecule has 24 nitrogen and oxygen atoms in total. The van der Waals surface area contributed by atoms with Gasteiger partial charge in [0, 0.05) is 96.3 Å². The number of carboxylic acid groups (broad SMARTS) is 1. The van der Waals surface area contributed by atoms with Crippen LogP contribution < -0.4 is 44.6 Å². The number of guanidine groups is 2. The van der Waals surface area contributed by atoms with E-state index < -0.39 is 39.2 Å². The Balaban J connectivity index is 0.000000617. The van der Waals surface area contributed by atoms with Crippen molar-refractivity contribution in [1.29, 1.82) is 0.594 Å². The second-order valence-electron chi connectivity index (χ2n) is 27.5. The van der Waals surface area contributed by atoms with Crippen LogP contribution in [0.25, 0.3) is 11.1 Å². The van der Waals surface area contributed by atoms with Crippen LogP contribution in [-0.2, 0) is 39.0 Å². The number of fused-ring (bicyclic) bond motifs is 3. The van der Waals surface area contributed by atoms with Crippen molar-refractivity contribution in [2.75, 3.05) is 110 Å². The van der Waals surface area contributed by atoms with Gasteiger partial charge in [-0.15, -0.1) is 0 Å². The van der Waals surface area contributed by atoms with Crippen molar-refractivity contribution in [2.24, 2.45) is 38.7 Å². The summed E-state index contributed by atoms with van der Waals surface area (Å²) in [6.07, 6.45) is 21.5. The summed E-state index contributed by atoms with van der Waals surface area (Å²) >= 11 is -2.51. The van der Waals surface area contributed by atoms with Gasteiger partial charge in [-0.1, -0.05) is 212 Å². The van der Waals surface area contributed by atoms with Gasteiger partial charge in [-0.2, -0.15) is 0 Å². The zero-order chi connectivity index (χ0) is 81.8. The summed E-state index contributed by atoms with van der Waals surface area (Å²) < 4.78 is 27.6. The molecule has 5 aromatic carbocycles. The Bertz CT molecular complexity index is 3380. The average molecular weight is 1680 g/mol. The first-order valence-corrected chi connectivity index (χ1v) is 42.8. The first-order valence-electron chi connectivity index (χ1n) is 40.2. The van der Waals surface area contributed by atoms with Crippen LogP contribution in [-0.4, -0.2) is 190 Å². The summed E-state index contributed by atoms with van der Waals surface area (Å²) in [4.78, 5) is 99.7. The number of carbonyl (C=O) groups excluding carboxylic acids is 6. The number of aliphatic hydroxyl groups is 1. The molecular formula is C86H135FIN13O11. The Kier molecular flexibility index (Phi) is 54.8. The molecule has 1 aliphatic rings. The second kappa shape index (κ2) is 62.9. The fourth-order valence-corrected chi connectivity index (χ4v) is 13.0. The van der Waals surface area contributed by atoms with Crippen molar-refractivity contribution in [3.8, 4) is 11.1 Å². The van der Waals surface area contributed by atoms with Crippen molar-refractivity contribution in [1.82, 2.24) is 30.7 Å². The van der Waals surface area contributed by atoms with Gasteiger partial charge < -0.3 is 74.1 Å². The third-order valence-electron chi connectivity index (χ3n) is 18.8. The number of aliphatic hydroxyl groups excluding tert-OH is 1. The molecule has 0 aliphatic heterocycles. The molecule has 15 N–H and O–H groups in total. The molecule has 624 valence electrons. The van der Waals surface area contributed by atoms with Crippen LogP contribution in [0.3, 0.4) is 0 Å². The number of alkyl carbamates (subject to hydrolysis) is 1. The molecule has 112 heavy (non-hydrogen) atoms. The summed E-state index contributed by atoms with van der Waals surface area (Å²) in [5.41, 5.74) is 34.3. The number of rotatable bonds is 54. The third kappa shape index (κ3) is 41.8. The third-order valence-corrected chi connectivity index (χ3v) is 18.8. The van der Waals surface area contributed by atoms with Crippen molar-refractivity contribution >= 4 is 75.5 Å². The van der Waals surface area contributed by atoms with Gasteiger partial charge in [-0.05, 0) is 136 Å². The van der Waals surface area contributed by atoms with E-state index in [2.05, 4.69) is 84.3 Å². The van der Waals surface area contributed by atoms with E-state index in [1.54, 1.807) is 0 Å². The number of amides is 4. The number of unbranched alkanes of at least 4 members (excludes halogenated alkanes) is 15. The van der Waals surface area contributed by atoms with Crippen LogP contribution >= 0.6 is 21.6 Å². The Hall–Kier alpha value is -8.57. The summed E-state index contributed by atoms with van der Waals surface area (Å²) in [5, 5.41) is 27.2. The quantitative estimate of drug-likeness (QED) is 0.00253. The first kappa shape index (κ1) is 97.6. The number of esters is 1. The van der Waals surface area contributed by atoms with Crippen LogP contribution in [0.2, 0.25) is 0 Å². The van der Waals surface area contributed by atoms with Gasteiger partial charge in [0.25, 0.3) is 0 Å². The molecule has 0 unspecified atom stereocenters. The number of benzene rings is 5. The minimum atomic E-state index is -2.51. The first-order chi connectivity index (χ1) is 54.2. The molecule has 0 saturated heterocycles. The zero-order valence-corrected chi connectivity index (χ0v) is 68.5. The van der Waals surface area contributed by atoms with Gasteiger partial charge >= 0.3 is 48.0 Å². The van der Waals surface area contributed by atoms with Gasteiger partial charge in [0.2, 0.25) is 17.7 Å². The van der Waals surface area contributed by atoms with E-state index in [-0.39, 0.29) is 81.4 Å². The number of nitrogens with zero attached hydrogens (tertiary/aromatic N) is 5. The molecule has 0 bridgehead atoms. The Morgan fingerprint density at radius 2 is 1.04 bits per heavy atom.